The van der Waals surface area contributed by atoms with Crippen molar-refractivity contribution in [2.75, 3.05) is 32.1 Å². The fourth-order valence-corrected chi connectivity index (χ4v) is 2.95. The average molecular weight is 287 g/mol. The highest BCUT2D eigenvalue weighted by Gasteiger charge is 2.22. The van der Waals surface area contributed by atoms with Crippen molar-refractivity contribution < 1.29 is 0 Å². The van der Waals surface area contributed by atoms with Crippen molar-refractivity contribution in [3.8, 4) is 0 Å². The SMILES string of the molecule is CN1CCC(N(C)c2cc(Cl)ccc2CCl)CC1. The average Bonchev–Trinajstić information content (AvgIpc) is 2.39. The molecule has 0 unspecified atom stereocenters. The van der Waals surface area contributed by atoms with E-state index in [0.29, 0.717) is 11.9 Å². The molecular formula is C14H20Cl2N2. The van der Waals surface area contributed by atoms with Crippen molar-refractivity contribution in [3.63, 3.8) is 0 Å². The third-order valence-electron chi connectivity index (χ3n) is 3.81. The Bertz CT molecular complexity index is 401. The second kappa shape index (κ2) is 6.14. The van der Waals surface area contributed by atoms with Gasteiger partial charge in [-0.25, -0.2) is 0 Å². The first-order valence-corrected chi connectivity index (χ1v) is 7.29. The van der Waals surface area contributed by atoms with Crippen LogP contribution >= 0.6 is 23.2 Å². The van der Waals surface area contributed by atoms with Crippen LogP contribution in [0.3, 0.4) is 0 Å². The second-order valence-corrected chi connectivity index (χ2v) is 5.76. The van der Waals surface area contributed by atoms with Gasteiger partial charge in [-0.1, -0.05) is 17.7 Å². The highest BCUT2D eigenvalue weighted by atomic mass is 35.5. The Morgan fingerprint density at radius 2 is 2.00 bits per heavy atom. The highest BCUT2D eigenvalue weighted by Crippen LogP contribution is 2.29. The van der Waals surface area contributed by atoms with Crippen molar-refractivity contribution in [2.45, 2.75) is 24.8 Å². The van der Waals surface area contributed by atoms with Crippen LogP contribution in [-0.2, 0) is 5.88 Å². The van der Waals surface area contributed by atoms with E-state index in [2.05, 4.69) is 23.9 Å². The molecule has 1 fully saturated rings. The maximum absolute atomic E-state index is 6.10. The van der Waals surface area contributed by atoms with Gasteiger partial charge >= 0.3 is 0 Å². The van der Waals surface area contributed by atoms with Crippen molar-refractivity contribution in [3.05, 3.63) is 28.8 Å². The normalized spacial score (nSPS) is 18.0. The summed E-state index contributed by atoms with van der Waals surface area (Å²) in [7, 11) is 4.33. The van der Waals surface area contributed by atoms with Crippen molar-refractivity contribution in [1.29, 1.82) is 0 Å². The summed E-state index contributed by atoms with van der Waals surface area (Å²) >= 11 is 12.1. The number of halogens is 2. The molecule has 0 bridgehead atoms. The minimum absolute atomic E-state index is 0.531. The van der Waals surface area contributed by atoms with Crippen LogP contribution in [0.4, 0.5) is 5.69 Å². The van der Waals surface area contributed by atoms with Crippen LogP contribution in [0.1, 0.15) is 18.4 Å². The van der Waals surface area contributed by atoms with E-state index in [1.165, 1.54) is 18.5 Å². The fraction of sp³-hybridized carbons (Fsp3) is 0.571. The van der Waals surface area contributed by atoms with Gasteiger partial charge in [-0.3, -0.25) is 0 Å². The molecule has 0 atom stereocenters. The summed E-state index contributed by atoms with van der Waals surface area (Å²) in [4.78, 5) is 4.72. The van der Waals surface area contributed by atoms with E-state index in [4.69, 9.17) is 23.2 Å². The van der Waals surface area contributed by atoms with Gasteiger partial charge in [0.15, 0.2) is 0 Å². The van der Waals surface area contributed by atoms with Gasteiger partial charge in [0.25, 0.3) is 0 Å². The van der Waals surface area contributed by atoms with Gasteiger partial charge in [0.05, 0.1) is 0 Å². The third-order valence-corrected chi connectivity index (χ3v) is 4.33. The van der Waals surface area contributed by atoms with E-state index < -0.39 is 0 Å². The number of hydrogen-bond donors (Lipinski definition) is 0. The molecule has 0 N–H and O–H groups in total. The number of nitrogens with zero attached hydrogens (tertiary/aromatic N) is 2. The molecular weight excluding hydrogens is 267 g/mol. The Morgan fingerprint density at radius 1 is 1.33 bits per heavy atom. The monoisotopic (exact) mass is 286 g/mol. The van der Waals surface area contributed by atoms with Gasteiger partial charge in [-0.15, -0.1) is 11.6 Å². The molecule has 18 heavy (non-hydrogen) atoms. The van der Waals surface area contributed by atoms with Crippen LogP contribution in [0.2, 0.25) is 5.02 Å². The number of alkyl halides is 1. The molecule has 1 aliphatic heterocycles. The van der Waals surface area contributed by atoms with E-state index in [9.17, 15) is 0 Å². The number of benzene rings is 1. The maximum atomic E-state index is 6.10. The van der Waals surface area contributed by atoms with Gasteiger partial charge in [-0.2, -0.15) is 0 Å². The van der Waals surface area contributed by atoms with Crippen LogP contribution in [-0.4, -0.2) is 38.1 Å². The molecule has 0 amide bonds. The van der Waals surface area contributed by atoms with E-state index >= 15 is 0 Å². The van der Waals surface area contributed by atoms with Crippen LogP contribution in [0.25, 0.3) is 0 Å². The number of piperidine rings is 1. The Labute approximate surface area is 119 Å². The summed E-state index contributed by atoms with van der Waals surface area (Å²) < 4.78 is 0. The number of hydrogen-bond acceptors (Lipinski definition) is 2. The fourth-order valence-electron chi connectivity index (χ4n) is 2.56. The lowest BCUT2D eigenvalue weighted by molar-refractivity contribution is 0.253. The van der Waals surface area contributed by atoms with Gasteiger partial charge in [0.2, 0.25) is 0 Å². The molecule has 0 aliphatic carbocycles. The first-order chi connectivity index (χ1) is 8.61. The molecule has 0 radical (unpaired) electrons. The molecule has 4 heteroatoms. The largest absolute Gasteiger partial charge is 0.371 e. The molecule has 1 aromatic carbocycles. The maximum Gasteiger partial charge on any atom is 0.0494 e. The Balaban J connectivity index is 2.17. The minimum Gasteiger partial charge on any atom is -0.371 e. The number of likely N-dealkylation sites (tertiary alicyclic amines) is 1. The zero-order chi connectivity index (χ0) is 13.1. The molecule has 1 heterocycles. The van der Waals surface area contributed by atoms with E-state index in [0.717, 1.165) is 23.7 Å². The molecule has 0 aromatic heterocycles. The molecule has 2 rings (SSSR count). The van der Waals surface area contributed by atoms with Crippen LogP contribution in [0.5, 0.6) is 0 Å². The molecule has 1 aromatic rings. The summed E-state index contributed by atoms with van der Waals surface area (Å²) in [6.07, 6.45) is 2.39. The standard InChI is InChI=1S/C14H20Cl2N2/c1-17-7-5-13(6-8-17)18(2)14-9-12(16)4-3-11(14)10-15/h3-4,9,13H,5-8,10H2,1-2H3. The lowest BCUT2D eigenvalue weighted by Gasteiger charge is -2.37. The first kappa shape index (κ1) is 14.0. The van der Waals surface area contributed by atoms with Crippen LogP contribution < -0.4 is 4.90 Å². The van der Waals surface area contributed by atoms with Gasteiger partial charge in [-0.05, 0) is 50.7 Å². The smallest absolute Gasteiger partial charge is 0.0494 e. The predicted molar refractivity (Wildman–Crippen MR) is 79.9 cm³/mol. The number of rotatable bonds is 3. The number of anilines is 1. The molecule has 1 aliphatic rings. The summed E-state index contributed by atoms with van der Waals surface area (Å²) in [6.45, 7) is 2.32. The zero-order valence-corrected chi connectivity index (χ0v) is 12.5. The predicted octanol–water partition coefficient (Wildman–Crippen LogP) is 3.61. The minimum atomic E-state index is 0.531. The molecule has 0 saturated carbocycles. The van der Waals surface area contributed by atoms with Gasteiger partial charge in [0, 0.05) is 29.7 Å². The molecule has 0 spiro atoms. The van der Waals surface area contributed by atoms with Crippen LogP contribution in [0.15, 0.2) is 18.2 Å². The van der Waals surface area contributed by atoms with Crippen molar-refractivity contribution in [2.24, 2.45) is 0 Å². The van der Waals surface area contributed by atoms with Crippen molar-refractivity contribution >= 4 is 28.9 Å². The van der Waals surface area contributed by atoms with Gasteiger partial charge in [0.1, 0.15) is 0 Å². The van der Waals surface area contributed by atoms with E-state index in [1.807, 2.05) is 18.2 Å². The second-order valence-electron chi connectivity index (χ2n) is 5.05. The van der Waals surface area contributed by atoms with E-state index in [1.54, 1.807) is 0 Å². The summed E-state index contributed by atoms with van der Waals surface area (Å²) in [5, 5.41) is 0.777. The summed E-state index contributed by atoms with van der Waals surface area (Å²) in [5.41, 5.74) is 2.33. The topological polar surface area (TPSA) is 6.48 Å². The Hall–Kier alpha value is -0.440. The van der Waals surface area contributed by atoms with Crippen LogP contribution in [0, 0.1) is 0 Å². The van der Waals surface area contributed by atoms with E-state index in [-0.39, 0.29) is 0 Å². The third kappa shape index (κ3) is 3.11. The molecule has 100 valence electrons. The first-order valence-electron chi connectivity index (χ1n) is 6.37. The van der Waals surface area contributed by atoms with Gasteiger partial charge < -0.3 is 9.80 Å². The molecule has 2 nitrogen and oxygen atoms in total. The highest BCUT2D eigenvalue weighted by molar-refractivity contribution is 6.31. The lowest BCUT2D eigenvalue weighted by Crippen LogP contribution is -2.42. The Morgan fingerprint density at radius 3 is 2.61 bits per heavy atom. The van der Waals surface area contributed by atoms with Crippen molar-refractivity contribution in [1.82, 2.24) is 4.90 Å². The zero-order valence-electron chi connectivity index (χ0n) is 11.0. The summed E-state index contributed by atoms with van der Waals surface area (Å²) in [5.74, 6) is 0.531. The quantitative estimate of drug-likeness (QED) is 0.784. The Kier molecular flexibility index (Phi) is 4.77. The molecule has 1 saturated heterocycles. The lowest BCUT2D eigenvalue weighted by atomic mass is 10.0. The summed E-state index contributed by atoms with van der Waals surface area (Å²) in [6, 6.07) is 6.54.